The van der Waals surface area contributed by atoms with Gasteiger partial charge in [-0.3, -0.25) is 9.89 Å². The Morgan fingerprint density at radius 3 is 3.14 bits per heavy atom. The number of benzene rings is 1. The molecule has 6 nitrogen and oxygen atoms in total. The molecule has 1 aliphatic heterocycles. The molecule has 0 radical (unpaired) electrons. The summed E-state index contributed by atoms with van der Waals surface area (Å²) in [5.74, 6) is 0.957. The lowest BCUT2D eigenvalue weighted by atomic mass is 10.2. The number of thioether (sulfide) groups is 1. The monoisotopic (exact) mass is 318 g/mol. The molecule has 1 aromatic carbocycles. The summed E-state index contributed by atoms with van der Waals surface area (Å²) in [4.78, 5) is 16.4. The number of nitrogens with zero attached hydrogens (tertiary/aromatic N) is 2. The molecule has 116 valence electrons. The summed E-state index contributed by atoms with van der Waals surface area (Å²) in [6.45, 7) is 2.73. The lowest BCUT2D eigenvalue weighted by Crippen LogP contribution is -2.14. The predicted octanol–water partition coefficient (Wildman–Crippen LogP) is 2.70. The lowest BCUT2D eigenvalue weighted by Gasteiger charge is -2.06. The first kappa shape index (κ1) is 15.1. The normalized spacial score (nSPS) is 17.6. The van der Waals surface area contributed by atoms with Crippen LogP contribution in [0.4, 0.5) is 5.69 Å². The van der Waals surface area contributed by atoms with Gasteiger partial charge in [0.25, 0.3) is 0 Å². The van der Waals surface area contributed by atoms with Crippen molar-refractivity contribution in [1.29, 1.82) is 0 Å². The Hall–Kier alpha value is -1.86. The van der Waals surface area contributed by atoms with Crippen LogP contribution in [0.1, 0.15) is 30.3 Å². The number of aryl methyl sites for hydroxylation is 1. The third-order valence-electron chi connectivity index (χ3n) is 3.47. The third kappa shape index (κ3) is 3.66. The van der Waals surface area contributed by atoms with Gasteiger partial charge in [-0.05, 0) is 31.4 Å². The Kier molecular flexibility index (Phi) is 4.74. The van der Waals surface area contributed by atoms with Gasteiger partial charge < -0.3 is 10.1 Å². The summed E-state index contributed by atoms with van der Waals surface area (Å²) in [6.07, 6.45) is 2.03. The van der Waals surface area contributed by atoms with E-state index in [-0.39, 0.29) is 17.8 Å². The van der Waals surface area contributed by atoms with Gasteiger partial charge in [0.2, 0.25) is 11.1 Å². The molecule has 3 rings (SSSR count). The van der Waals surface area contributed by atoms with E-state index in [1.54, 1.807) is 0 Å². The summed E-state index contributed by atoms with van der Waals surface area (Å²) < 4.78 is 5.55. The molecule has 1 aromatic heterocycles. The van der Waals surface area contributed by atoms with Gasteiger partial charge in [-0.1, -0.05) is 30.0 Å². The molecule has 0 saturated carbocycles. The van der Waals surface area contributed by atoms with Crippen molar-refractivity contribution < 1.29 is 9.53 Å². The molecule has 2 heterocycles. The molecule has 2 aromatic rings. The fraction of sp³-hybridized carbons (Fsp3) is 0.400. The molecule has 1 fully saturated rings. The zero-order valence-corrected chi connectivity index (χ0v) is 13.2. The number of hydrogen-bond acceptors (Lipinski definition) is 5. The second-order valence-corrected chi connectivity index (χ2v) is 6.10. The van der Waals surface area contributed by atoms with Crippen LogP contribution in [0, 0.1) is 6.92 Å². The first-order valence-corrected chi connectivity index (χ1v) is 8.23. The number of aromatic nitrogens is 3. The maximum absolute atomic E-state index is 12.0. The molecule has 0 aliphatic carbocycles. The first-order valence-electron chi connectivity index (χ1n) is 7.24. The van der Waals surface area contributed by atoms with Crippen LogP contribution in [0.5, 0.6) is 0 Å². The Labute approximate surface area is 133 Å². The highest BCUT2D eigenvalue weighted by atomic mass is 32.2. The number of para-hydroxylation sites is 1. The van der Waals surface area contributed by atoms with Gasteiger partial charge in [-0.15, -0.1) is 5.10 Å². The average Bonchev–Trinajstić information content (AvgIpc) is 3.18. The largest absolute Gasteiger partial charge is 0.370 e. The van der Waals surface area contributed by atoms with Gasteiger partial charge in [0.15, 0.2) is 5.82 Å². The fourth-order valence-corrected chi connectivity index (χ4v) is 2.89. The van der Waals surface area contributed by atoms with Gasteiger partial charge >= 0.3 is 0 Å². The van der Waals surface area contributed by atoms with E-state index in [1.807, 2.05) is 31.2 Å². The van der Waals surface area contributed by atoms with E-state index in [2.05, 4.69) is 20.5 Å². The number of amides is 1. The van der Waals surface area contributed by atoms with Crippen LogP contribution in [0.2, 0.25) is 0 Å². The molecule has 1 saturated heterocycles. The van der Waals surface area contributed by atoms with Crippen molar-refractivity contribution in [2.24, 2.45) is 0 Å². The van der Waals surface area contributed by atoms with Crippen LogP contribution < -0.4 is 5.32 Å². The first-order chi connectivity index (χ1) is 10.7. The highest BCUT2D eigenvalue weighted by Gasteiger charge is 2.21. The molecule has 1 unspecified atom stereocenters. The fourth-order valence-electron chi connectivity index (χ4n) is 2.29. The Morgan fingerprint density at radius 1 is 1.50 bits per heavy atom. The second kappa shape index (κ2) is 6.93. The van der Waals surface area contributed by atoms with E-state index in [0.717, 1.165) is 36.5 Å². The number of anilines is 1. The minimum Gasteiger partial charge on any atom is -0.370 e. The Balaban J connectivity index is 1.52. The minimum atomic E-state index is -0.0669. The molecule has 22 heavy (non-hydrogen) atoms. The molecule has 0 bridgehead atoms. The van der Waals surface area contributed by atoms with Gasteiger partial charge in [-0.25, -0.2) is 4.98 Å². The van der Waals surface area contributed by atoms with Crippen molar-refractivity contribution in [1.82, 2.24) is 15.2 Å². The molecule has 2 N–H and O–H groups in total. The average molecular weight is 318 g/mol. The smallest absolute Gasteiger partial charge is 0.234 e. The van der Waals surface area contributed by atoms with Gasteiger partial charge in [-0.2, -0.15) is 0 Å². The van der Waals surface area contributed by atoms with Crippen LogP contribution in [0.15, 0.2) is 29.4 Å². The van der Waals surface area contributed by atoms with Gasteiger partial charge in [0.05, 0.1) is 5.75 Å². The minimum absolute atomic E-state index is 0.0163. The maximum Gasteiger partial charge on any atom is 0.234 e. The zero-order valence-electron chi connectivity index (χ0n) is 12.3. The third-order valence-corrected chi connectivity index (χ3v) is 4.32. The summed E-state index contributed by atoms with van der Waals surface area (Å²) in [6, 6.07) is 7.70. The van der Waals surface area contributed by atoms with Crippen molar-refractivity contribution >= 4 is 23.4 Å². The van der Waals surface area contributed by atoms with E-state index in [1.165, 1.54) is 11.8 Å². The molecule has 7 heteroatoms. The molecule has 1 aliphatic rings. The highest BCUT2D eigenvalue weighted by Crippen LogP contribution is 2.27. The van der Waals surface area contributed by atoms with E-state index in [9.17, 15) is 4.79 Å². The van der Waals surface area contributed by atoms with Gasteiger partial charge in [0.1, 0.15) is 6.10 Å². The summed E-state index contributed by atoms with van der Waals surface area (Å²) in [5.41, 5.74) is 1.88. The van der Waals surface area contributed by atoms with Crippen molar-refractivity contribution in [2.45, 2.75) is 31.0 Å². The Morgan fingerprint density at radius 2 is 2.36 bits per heavy atom. The number of ether oxygens (including phenoxy) is 1. The maximum atomic E-state index is 12.0. The lowest BCUT2D eigenvalue weighted by molar-refractivity contribution is -0.113. The van der Waals surface area contributed by atoms with Crippen LogP contribution in [0.25, 0.3) is 0 Å². The summed E-state index contributed by atoms with van der Waals surface area (Å²) >= 11 is 1.31. The number of carbonyl (C=O) groups excluding carboxylic acids is 1. The topological polar surface area (TPSA) is 79.9 Å². The summed E-state index contributed by atoms with van der Waals surface area (Å²) in [7, 11) is 0. The SMILES string of the molecule is Cc1ccccc1NC(=O)CSc1n[nH]c(C2CCCO2)n1. The van der Waals surface area contributed by atoms with Crippen LogP contribution >= 0.6 is 11.8 Å². The molecule has 1 atom stereocenters. The van der Waals surface area contributed by atoms with Crippen LogP contribution in [-0.4, -0.2) is 33.4 Å². The molecule has 1 amide bonds. The number of carbonyl (C=O) groups is 1. The van der Waals surface area contributed by atoms with Crippen molar-refractivity contribution in [3.63, 3.8) is 0 Å². The zero-order chi connectivity index (χ0) is 15.4. The number of H-pyrrole nitrogens is 1. The standard InChI is InChI=1S/C15H18N4O2S/c1-10-5-2-3-6-11(10)16-13(20)9-22-15-17-14(18-19-15)12-7-4-8-21-12/h2-3,5-6,12H,4,7-9H2,1H3,(H,16,20)(H,17,18,19). The van der Waals surface area contributed by atoms with Crippen molar-refractivity contribution in [2.75, 3.05) is 17.7 Å². The predicted molar refractivity (Wildman–Crippen MR) is 84.8 cm³/mol. The second-order valence-electron chi connectivity index (χ2n) is 5.16. The summed E-state index contributed by atoms with van der Waals surface area (Å²) in [5, 5.41) is 10.5. The number of hydrogen-bond donors (Lipinski definition) is 2. The molecular weight excluding hydrogens is 300 g/mol. The highest BCUT2D eigenvalue weighted by molar-refractivity contribution is 7.99. The van der Waals surface area contributed by atoms with Crippen LogP contribution in [-0.2, 0) is 9.53 Å². The van der Waals surface area contributed by atoms with E-state index in [0.29, 0.717) is 5.16 Å². The van der Waals surface area contributed by atoms with Crippen molar-refractivity contribution in [3.05, 3.63) is 35.7 Å². The van der Waals surface area contributed by atoms with E-state index in [4.69, 9.17) is 4.74 Å². The van der Waals surface area contributed by atoms with E-state index >= 15 is 0 Å². The number of rotatable bonds is 5. The van der Waals surface area contributed by atoms with E-state index < -0.39 is 0 Å². The molecule has 0 spiro atoms. The number of nitrogens with one attached hydrogen (secondary N) is 2. The van der Waals surface area contributed by atoms with Crippen molar-refractivity contribution in [3.8, 4) is 0 Å². The quantitative estimate of drug-likeness (QED) is 0.829. The Bertz CT molecular complexity index is 652. The molecular formula is C15H18N4O2S. The van der Waals surface area contributed by atoms with Gasteiger partial charge in [0, 0.05) is 12.3 Å². The number of aromatic amines is 1. The van der Waals surface area contributed by atoms with Crippen LogP contribution in [0.3, 0.4) is 0 Å².